The molecule has 0 bridgehead atoms. The molecular weight excluding hydrogens is 186 g/mol. The van der Waals surface area contributed by atoms with E-state index in [1.165, 1.54) is 12.8 Å². The highest BCUT2D eigenvalue weighted by molar-refractivity contribution is 7.80. The molecule has 1 rings (SSSR count). The van der Waals surface area contributed by atoms with Gasteiger partial charge in [-0.15, -0.1) is 0 Å². The summed E-state index contributed by atoms with van der Waals surface area (Å²) in [4.78, 5) is 0. The fourth-order valence-electron chi connectivity index (χ4n) is 1.48. The zero-order valence-electron chi connectivity index (χ0n) is 7.71. The molecule has 0 amide bonds. The Bertz CT molecular complexity index is 159. The average Bonchev–Trinajstić information content (AvgIpc) is 2.19. The molecule has 0 atom stereocenters. The number of thiocarbonyl (C=S) groups is 1. The largest absolute Gasteiger partial charge is 0.381 e. The van der Waals surface area contributed by atoms with Gasteiger partial charge in [-0.25, -0.2) is 5.84 Å². The number of rotatable bonds is 3. The second kappa shape index (κ2) is 6.12. The van der Waals surface area contributed by atoms with Crippen LogP contribution >= 0.6 is 12.2 Å². The lowest BCUT2D eigenvalue weighted by Crippen LogP contribution is -2.40. The van der Waals surface area contributed by atoms with Crippen LogP contribution in [0.3, 0.4) is 0 Å². The van der Waals surface area contributed by atoms with Gasteiger partial charge in [-0.1, -0.05) is 0 Å². The molecule has 0 aromatic rings. The SMILES string of the molecule is NNC(=S)NCCC1CCOCC1. The van der Waals surface area contributed by atoms with Crippen LogP contribution < -0.4 is 16.6 Å². The molecule has 1 saturated heterocycles. The van der Waals surface area contributed by atoms with Gasteiger partial charge >= 0.3 is 0 Å². The lowest BCUT2D eigenvalue weighted by molar-refractivity contribution is 0.0643. The summed E-state index contributed by atoms with van der Waals surface area (Å²) in [7, 11) is 0. The highest BCUT2D eigenvalue weighted by Crippen LogP contribution is 2.17. The first-order chi connectivity index (χ1) is 6.33. The molecule has 4 N–H and O–H groups in total. The van der Waals surface area contributed by atoms with E-state index in [1.54, 1.807) is 0 Å². The van der Waals surface area contributed by atoms with E-state index in [9.17, 15) is 0 Å². The van der Waals surface area contributed by atoms with Crippen molar-refractivity contribution in [3.05, 3.63) is 0 Å². The molecule has 13 heavy (non-hydrogen) atoms. The summed E-state index contributed by atoms with van der Waals surface area (Å²) in [6.07, 6.45) is 3.49. The van der Waals surface area contributed by atoms with Gasteiger partial charge in [0.1, 0.15) is 0 Å². The fourth-order valence-corrected chi connectivity index (χ4v) is 1.58. The fraction of sp³-hybridized carbons (Fsp3) is 0.875. The number of hydrogen-bond acceptors (Lipinski definition) is 3. The van der Waals surface area contributed by atoms with Crippen molar-refractivity contribution in [2.45, 2.75) is 19.3 Å². The lowest BCUT2D eigenvalue weighted by atomic mass is 9.97. The summed E-state index contributed by atoms with van der Waals surface area (Å²) in [5, 5.41) is 3.55. The van der Waals surface area contributed by atoms with E-state index in [0.717, 1.165) is 32.1 Å². The molecule has 76 valence electrons. The van der Waals surface area contributed by atoms with Gasteiger partial charge in [0.25, 0.3) is 0 Å². The van der Waals surface area contributed by atoms with Crippen LogP contribution in [0.25, 0.3) is 0 Å². The molecule has 0 spiro atoms. The summed E-state index contributed by atoms with van der Waals surface area (Å²) in [6, 6.07) is 0. The molecule has 0 saturated carbocycles. The smallest absolute Gasteiger partial charge is 0.180 e. The molecule has 1 fully saturated rings. The first kappa shape index (κ1) is 10.7. The maximum atomic E-state index is 5.27. The first-order valence-corrected chi connectivity index (χ1v) is 5.06. The van der Waals surface area contributed by atoms with Gasteiger partial charge in [-0.2, -0.15) is 0 Å². The van der Waals surface area contributed by atoms with Crippen molar-refractivity contribution >= 4 is 17.3 Å². The minimum atomic E-state index is 0.520. The van der Waals surface area contributed by atoms with E-state index in [0.29, 0.717) is 5.11 Å². The van der Waals surface area contributed by atoms with Crippen LogP contribution in [0.15, 0.2) is 0 Å². The second-order valence-corrected chi connectivity index (χ2v) is 3.65. The third-order valence-electron chi connectivity index (χ3n) is 2.31. The van der Waals surface area contributed by atoms with E-state index >= 15 is 0 Å². The van der Waals surface area contributed by atoms with E-state index < -0.39 is 0 Å². The third kappa shape index (κ3) is 4.40. The predicted octanol–water partition coefficient (Wildman–Crippen LogP) is 0.141. The molecule has 1 heterocycles. The highest BCUT2D eigenvalue weighted by Gasteiger charge is 2.12. The van der Waals surface area contributed by atoms with Crippen molar-refractivity contribution in [1.82, 2.24) is 10.7 Å². The number of nitrogens with two attached hydrogens (primary N) is 1. The van der Waals surface area contributed by atoms with Gasteiger partial charge in [0.2, 0.25) is 0 Å². The van der Waals surface area contributed by atoms with Gasteiger partial charge in [-0.05, 0) is 37.4 Å². The standard InChI is InChI=1S/C8H17N3OS/c9-11-8(13)10-4-1-7-2-5-12-6-3-7/h7H,1-6,9H2,(H2,10,11,13). The van der Waals surface area contributed by atoms with Crippen molar-refractivity contribution < 1.29 is 4.74 Å². The van der Waals surface area contributed by atoms with Gasteiger partial charge in [0, 0.05) is 19.8 Å². The molecule has 0 aliphatic carbocycles. The third-order valence-corrected chi connectivity index (χ3v) is 2.57. The minimum absolute atomic E-state index is 0.520. The van der Waals surface area contributed by atoms with Crippen molar-refractivity contribution in [3.63, 3.8) is 0 Å². The van der Waals surface area contributed by atoms with Crippen LogP contribution in [0.4, 0.5) is 0 Å². The van der Waals surface area contributed by atoms with E-state index in [4.69, 9.17) is 22.8 Å². The van der Waals surface area contributed by atoms with Crippen LogP contribution in [0.1, 0.15) is 19.3 Å². The van der Waals surface area contributed by atoms with Crippen molar-refractivity contribution in [2.24, 2.45) is 11.8 Å². The maximum Gasteiger partial charge on any atom is 0.180 e. The Morgan fingerprint density at radius 1 is 1.46 bits per heavy atom. The molecule has 0 radical (unpaired) electrons. The van der Waals surface area contributed by atoms with Crippen molar-refractivity contribution in [2.75, 3.05) is 19.8 Å². The lowest BCUT2D eigenvalue weighted by Gasteiger charge is -2.22. The molecule has 0 aromatic carbocycles. The summed E-state index contributed by atoms with van der Waals surface area (Å²) < 4.78 is 5.27. The number of hydrazine groups is 1. The van der Waals surface area contributed by atoms with Crippen LogP contribution in [0.5, 0.6) is 0 Å². The topological polar surface area (TPSA) is 59.3 Å². The first-order valence-electron chi connectivity index (χ1n) is 4.65. The van der Waals surface area contributed by atoms with Gasteiger partial charge in [-0.3, -0.25) is 0 Å². The van der Waals surface area contributed by atoms with E-state index in [2.05, 4.69) is 10.7 Å². The van der Waals surface area contributed by atoms with Crippen LogP contribution in [-0.4, -0.2) is 24.9 Å². The predicted molar refractivity (Wildman–Crippen MR) is 56.1 cm³/mol. The Labute approximate surface area is 84.2 Å². The van der Waals surface area contributed by atoms with Crippen LogP contribution in [0, 0.1) is 5.92 Å². The molecule has 1 aliphatic heterocycles. The Balaban J connectivity index is 2.01. The highest BCUT2D eigenvalue weighted by atomic mass is 32.1. The Morgan fingerprint density at radius 3 is 2.77 bits per heavy atom. The Hall–Kier alpha value is -0.390. The number of hydrogen-bond donors (Lipinski definition) is 3. The zero-order chi connectivity index (χ0) is 9.52. The quantitative estimate of drug-likeness (QED) is 0.346. The van der Waals surface area contributed by atoms with E-state index in [1.807, 2.05) is 0 Å². The molecule has 0 unspecified atom stereocenters. The molecule has 1 aliphatic rings. The Morgan fingerprint density at radius 2 is 2.15 bits per heavy atom. The van der Waals surface area contributed by atoms with Crippen molar-refractivity contribution in [3.8, 4) is 0 Å². The Kier molecular flexibility index (Phi) is 5.03. The summed E-state index contributed by atoms with van der Waals surface area (Å²) in [5.41, 5.74) is 2.40. The van der Waals surface area contributed by atoms with E-state index in [-0.39, 0.29) is 0 Å². The van der Waals surface area contributed by atoms with Gasteiger partial charge in [0.15, 0.2) is 5.11 Å². The monoisotopic (exact) mass is 203 g/mol. The zero-order valence-corrected chi connectivity index (χ0v) is 8.53. The summed E-state index contributed by atoms with van der Waals surface area (Å²) >= 11 is 4.85. The molecule has 4 nitrogen and oxygen atoms in total. The second-order valence-electron chi connectivity index (χ2n) is 3.24. The number of nitrogens with one attached hydrogen (secondary N) is 2. The van der Waals surface area contributed by atoms with Crippen LogP contribution in [-0.2, 0) is 4.74 Å². The normalized spacial score (nSPS) is 18.2. The van der Waals surface area contributed by atoms with Gasteiger partial charge < -0.3 is 15.5 Å². The molecule has 5 heteroatoms. The maximum absolute atomic E-state index is 5.27. The van der Waals surface area contributed by atoms with Crippen molar-refractivity contribution in [1.29, 1.82) is 0 Å². The summed E-state index contributed by atoms with van der Waals surface area (Å²) in [5.74, 6) is 5.90. The van der Waals surface area contributed by atoms with Crippen LogP contribution in [0.2, 0.25) is 0 Å². The summed E-state index contributed by atoms with van der Waals surface area (Å²) in [6.45, 7) is 2.71. The number of ether oxygens (including phenoxy) is 1. The molecular formula is C8H17N3OS. The molecule has 0 aromatic heterocycles. The average molecular weight is 203 g/mol. The minimum Gasteiger partial charge on any atom is -0.381 e. The van der Waals surface area contributed by atoms with Gasteiger partial charge in [0.05, 0.1) is 0 Å².